The van der Waals surface area contributed by atoms with Crippen LogP contribution in [0, 0.1) is 5.82 Å². The zero-order valence-electron chi connectivity index (χ0n) is 13.0. The Morgan fingerprint density at radius 2 is 1.90 bits per heavy atom. The topological polar surface area (TPSA) is 46.0 Å². The van der Waals surface area contributed by atoms with Crippen LogP contribution in [0.2, 0.25) is 0 Å². The predicted molar refractivity (Wildman–Crippen MR) is 80.8 cm³/mol. The summed E-state index contributed by atoms with van der Waals surface area (Å²) < 4.78 is 14.5. The van der Waals surface area contributed by atoms with Gasteiger partial charge >= 0.3 is 0 Å². The van der Waals surface area contributed by atoms with Gasteiger partial charge in [-0.3, -0.25) is 0 Å². The first-order chi connectivity index (χ1) is 9.88. The summed E-state index contributed by atoms with van der Waals surface area (Å²) in [5, 5.41) is 11.6. The third kappa shape index (κ3) is 4.09. The third-order valence-corrected chi connectivity index (χ3v) is 3.71. The molecule has 6 heteroatoms. The molecule has 21 heavy (non-hydrogen) atoms. The minimum Gasteiger partial charge on any atom is -0.309 e. The maximum absolute atomic E-state index is 12.9. The van der Waals surface area contributed by atoms with Gasteiger partial charge < -0.3 is 10.2 Å². The number of halogens is 1. The van der Waals surface area contributed by atoms with Crippen LogP contribution in [-0.4, -0.2) is 46.1 Å². The van der Waals surface area contributed by atoms with Crippen LogP contribution < -0.4 is 5.32 Å². The molecule has 0 fully saturated rings. The Morgan fingerprint density at radius 1 is 1.24 bits per heavy atom. The van der Waals surface area contributed by atoms with Crippen LogP contribution in [0.25, 0.3) is 5.69 Å². The van der Waals surface area contributed by atoms with Crippen molar-refractivity contribution in [3.05, 3.63) is 42.0 Å². The van der Waals surface area contributed by atoms with Crippen molar-refractivity contribution in [1.29, 1.82) is 0 Å². The SMILES string of the molecule is CN(C)C(C)(C)CNCc1cn(-c2ccc(F)cc2)nn1. The van der Waals surface area contributed by atoms with E-state index in [0.717, 1.165) is 17.9 Å². The minimum atomic E-state index is -0.258. The van der Waals surface area contributed by atoms with Crippen molar-refractivity contribution in [2.45, 2.75) is 25.9 Å². The van der Waals surface area contributed by atoms with Gasteiger partial charge in [0.2, 0.25) is 0 Å². The molecule has 1 aromatic carbocycles. The molecule has 0 aliphatic rings. The van der Waals surface area contributed by atoms with Crippen LogP contribution in [0.3, 0.4) is 0 Å². The fraction of sp³-hybridized carbons (Fsp3) is 0.467. The Morgan fingerprint density at radius 3 is 2.52 bits per heavy atom. The highest BCUT2D eigenvalue weighted by atomic mass is 19.1. The van der Waals surface area contributed by atoms with Gasteiger partial charge in [-0.05, 0) is 52.2 Å². The van der Waals surface area contributed by atoms with Gasteiger partial charge in [0.25, 0.3) is 0 Å². The zero-order chi connectivity index (χ0) is 15.5. The van der Waals surface area contributed by atoms with Crippen molar-refractivity contribution in [2.24, 2.45) is 0 Å². The first-order valence-electron chi connectivity index (χ1n) is 6.94. The van der Waals surface area contributed by atoms with Gasteiger partial charge in [-0.25, -0.2) is 9.07 Å². The Kier molecular flexibility index (Phi) is 4.69. The monoisotopic (exact) mass is 291 g/mol. The molecule has 0 saturated carbocycles. The molecule has 0 bridgehead atoms. The largest absolute Gasteiger partial charge is 0.309 e. The van der Waals surface area contributed by atoms with Crippen LogP contribution in [0.15, 0.2) is 30.5 Å². The van der Waals surface area contributed by atoms with E-state index in [2.05, 4.69) is 48.5 Å². The molecule has 1 heterocycles. The van der Waals surface area contributed by atoms with E-state index in [1.165, 1.54) is 12.1 Å². The first-order valence-corrected chi connectivity index (χ1v) is 6.94. The lowest BCUT2D eigenvalue weighted by molar-refractivity contribution is 0.189. The highest BCUT2D eigenvalue weighted by molar-refractivity contribution is 5.30. The predicted octanol–water partition coefficient (Wildman–Crippen LogP) is 1.84. The molecule has 0 aliphatic heterocycles. The second kappa shape index (κ2) is 6.32. The maximum Gasteiger partial charge on any atom is 0.123 e. The molecule has 0 radical (unpaired) electrons. The summed E-state index contributed by atoms with van der Waals surface area (Å²) in [4.78, 5) is 2.18. The number of benzene rings is 1. The van der Waals surface area contributed by atoms with Crippen molar-refractivity contribution < 1.29 is 4.39 Å². The third-order valence-electron chi connectivity index (χ3n) is 3.71. The molecule has 0 aliphatic carbocycles. The molecule has 1 N–H and O–H groups in total. The van der Waals surface area contributed by atoms with Crippen LogP contribution in [0.4, 0.5) is 4.39 Å². The Labute approximate surface area is 124 Å². The van der Waals surface area contributed by atoms with Gasteiger partial charge in [-0.2, -0.15) is 0 Å². The Bertz CT molecular complexity index is 574. The lowest BCUT2D eigenvalue weighted by atomic mass is 10.0. The van der Waals surface area contributed by atoms with E-state index in [1.54, 1.807) is 16.8 Å². The van der Waals surface area contributed by atoms with Gasteiger partial charge in [-0.1, -0.05) is 5.21 Å². The fourth-order valence-electron chi connectivity index (χ4n) is 1.75. The van der Waals surface area contributed by atoms with Crippen LogP contribution in [0.5, 0.6) is 0 Å². The smallest absolute Gasteiger partial charge is 0.123 e. The van der Waals surface area contributed by atoms with E-state index < -0.39 is 0 Å². The number of nitrogens with one attached hydrogen (secondary N) is 1. The van der Waals surface area contributed by atoms with E-state index >= 15 is 0 Å². The van der Waals surface area contributed by atoms with Crippen molar-refractivity contribution in [2.75, 3.05) is 20.6 Å². The maximum atomic E-state index is 12.9. The summed E-state index contributed by atoms with van der Waals surface area (Å²) in [7, 11) is 4.12. The lowest BCUT2D eigenvalue weighted by Crippen LogP contribution is -2.46. The molecular formula is C15H22FN5. The number of hydrogen-bond acceptors (Lipinski definition) is 4. The summed E-state index contributed by atoms with van der Waals surface area (Å²) in [6.07, 6.45) is 1.85. The van der Waals surface area contributed by atoms with Gasteiger partial charge in [-0.15, -0.1) is 5.10 Å². The van der Waals surface area contributed by atoms with E-state index in [-0.39, 0.29) is 11.4 Å². The van der Waals surface area contributed by atoms with Crippen LogP contribution >= 0.6 is 0 Å². The second-order valence-corrected chi connectivity index (χ2v) is 5.94. The summed E-state index contributed by atoms with van der Waals surface area (Å²) >= 11 is 0. The highest BCUT2D eigenvalue weighted by Gasteiger charge is 2.19. The van der Waals surface area contributed by atoms with Gasteiger partial charge in [0.1, 0.15) is 5.82 Å². The molecule has 0 saturated heterocycles. The standard InChI is InChI=1S/C15H22FN5/c1-15(2,20(3)4)11-17-9-13-10-21(19-18-13)14-7-5-12(16)6-8-14/h5-8,10,17H,9,11H2,1-4H3. The summed E-state index contributed by atoms with van der Waals surface area (Å²) in [6, 6.07) is 6.18. The molecule has 1 aromatic heterocycles. The summed E-state index contributed by atoms with van der Waals surface area (Å²) in [6.45, 7) is 5.85. The fourth-order valence-corrected chi connectivity index (χ4v) is 1.75. The summed E-state index contributed by atoms with van der Waals surface area (Å²) in [5.41, 5.74) is 1.73. The van der Waals surface area contributed by atoms with E-state index in [1.807, 2.05) is 6.20 Å². The van der Waals surface area contributed by atoms with Crippen LogP contribution in [-0.2, 0) is 6.54 Å². The molecular weight excluding hydrogens is 269 g/mol. The first kappa shape index (κ1) is 15.6. The highest BCUT2D eigenvalue weighted by Crippen LogP contribution is 2.10. The quantitative estimate of drug-likeness (QED) is 0.882. The second-order valence-electron chi connectivity index (χ2n) is 5.94. The lowest BCUT2D eigenvalue weighted by Gasteiger charge is -2.32. The molecule has 0 amide bonds. The van der Waals surface area contributed by atoms with Crippen molar-refractivity contribution >= 4 is 0 Å². The van der Waals surface area contributed by atoms with Crippen molar-refractivity contribution in [3.8, 4) is 5.69 Å². The average Bonchev–Trinajstić information content (AvgIpc) is 2.88. The number of likely N-dealkylation sites (N-methyl/N-ethyl adjacent to an activating group) is 1. The Hall–Kier alpha value is -1.79. The van der Waals surface area contributed by atoms with E-state index in [4.69, 9.17) is 0 Å². The minimum absolute atomic E-state index is 0.0763. The van der Waals surface area contributed by atoms with Gasteiger partial charge in [0, 0.05) is 18.6 Å². The van der Waals surface area contributed by atoms with Crippen molar-refractivity contribution in [1.82, 2.24) is 25.2 Å². The molecule has 2 rings (SSSR count). The average molecular weight is 291 g/mol. The van der Waals surface area contributed by atoms with Gasteiger partial charge in [0.15, 0.2) is 0 Å². The molecule has 5 nitrogen and oxygen atoms in total. The van der Waals surface area contributed by atoms with Crippen LogP contribution in [0.1, 0.15) is 19.5 Å². The normalized spacial score (nSPS) is 12.1. The molecule has 2 aromatic rings. The van der Waals surface area contributed by atoms with Gasteiger partial charge in [0.05, 0.1) is 17.6 Å². The molecule has 0 spiro atoms. The Balaban J connectivity index is 1.93. The zero-order valence-corrected chi connectivity index (χ0v) is 13.0. The van der Waals surface area contributed by atoms with E-state index in [9.17, 15) is 4.39 Å². The summed E-state index contributed by atoms with van der Waals surface area (Å²) in [5.74, 6) is -0.258. The number of aromatic nitrogens is 3. The number of rotatable bonds is 6. The van der Waals surface area contributed by atoms with E-state index in [0.29, 0.717) is 6.54 Å². The number of hydrogen-bond donors (Lipinski definition) is 1. The molecule has 114 valence electrons. The number of nitrogens with zero attached hydrogens (tertiary/aromatic N) is 4. The molecule has 0 unspecified atom stereocenters. The molecule has 0 atom stereocenters. The van der Waals surface area contributed by atoms with Crippen molar-refractivity contribution in [3.63, 3.8) is 0 Å².